The number of fused-ring (bicyclic) bond motifs is 3. The van der Waals surface area contributed by atoms with Crippen LogP contribution < -0.4 is 0 Å². The molecule has 33 heavy (non-hydrogen) atoms. The number of hydrogen-bond donors (Lipinski definition) is 1. The van der Waals surface area contributed by atoms with Gasteiger partial charge in [-0.1, -0.05) is 60.7 Å². The largest absolute Gasteiger partial charge is 0.481 e. The Labute approximate surface area is 206 Å². The van der Waals surface area contributed by atoms with Gasteiger partial charge in [-0.15, -0.1) is 0 Å². The number of nitrogens with zero attached hydrogens (tertiary/aromatic N) is 1. The maximum atomic E-state index is 12.9. The van der Waals surface area contributed by atoms with Gasteiger partial charge < -0.3 is 14.7 Å². The Morgan fingerprint density at radius 2 is 1.55 bits per heavy atom. The van der Waals surface area contributed by atoms with Gasteiger partial charge in [-0.2, -0.15) is 0 Å². The first-order valence-electron chi connectivity index (χ1n) is 11.1. The van der Waals surface area contributed by atoms with Crippen molar-refractivity contribution in [1.82, 2.24) is 4.90 Å². The number of carbonyl (C=O) groups excluding carboxylic acids is 1. The second kappa shape index (κ2) is 8.82. The Hall–Kier alpha value is -2.87. The summed E-state index contributed by atoms with van der Waals surface area (Å²) in [4.78, 5) is 26.8. The average Bonchev–Trinajstić information content (AvgIpc) is 3.16. The molecule has 1 fully saturated rings. The summed E-state index contributed by atoms with van der Waals surface area (Å²) in [7, 11) is 0. The molecule has 0 aromatic heterocycles. The second-order valence-electron chi connectivity index (χ2n) is 8.69. The number of halogens is 1. The van der Waals surface area contributed by atoms with Gasteiger partial charge in [-0.05, 0) is 75.4 Å². The lowest BCUT2D eigenvalue weighted by molar-refractivity contribution is -0.145. The van der Waals surface area contributed by atoms with Crippen molar-refractivity contribution < 1.29 is 19.4 Å². The molecule has 0 saturated carbocycles. The summed E-state index contributed by atoms with van der Waals surface area (Å²) in [6.07, 6.45) is 0.359. The van der Waals surface area contributed by atoms with E-state index >= 15 is 0 Å². The van der Waals surface area contributed by atoms with Crippen molar-refractivity contribution in [3.05, 3.63) is 93.1 Å². The van der Waals surface area contributed by atoms with Gasteiger partial charge in [0.2, 0.25) is 0 Å². The van der Waals surface area contributed by atoms with E-state index in [4.69, 9.17) is 4.74 Å². The predicted molar refractivity (Wildman–Crippen MR) is 134 cm³/mol. The molecule has 1 heterocycles. The summed E-state index contributed by atoms with van der Waals surface area (Å²) < 4.78 is 6.78. The highest BCUT2D eigenvalue weighted by atomic mass is 127. The van der Waals surface area contributed by atoms with Gasteiger partial charge in [-0.3, -0.25) is 4.79 Å². The van der Waals surface area contributed by atoms with E-state index in [1.165, 1.54) is 22.3 Å². The highest BCUT2D eigenvalue weighted by Gasteiger charge is 2.44. The van der Waals surface area contributed by atoms with E-state index < -0.39 is 11.4 Å². The Balaban J connectivity index is 1.27. The molecule has 5 nitrogen and oxygen atoms in total. The third-order valence-electron chi connectivity index (χ3n) is 7.00. The lowest BCUT2D eigenvalue weighted by Gasteiger charge is -2.38. The van der Waals surface area contributed by atoms with Crippen molar-refractivity contribution in [2.45, 2.75) is 24.2 Å². The number of likely N-dealkylation sites (tertiary alicyclic amines) is 1. The maximum Gasteiger partial charge on any atom is 0.409 e. The van der Waals surface area contributed by atoms with Crippen molar-refractivity contribution in [1.29, 1.82) is 0 Å². The van der Waals surface area contributed by atoms with Crippen LogP contribution in [0.15, 0.2) is 72.8 Å². The monoisotopic (exact) mass is 553 g/mol. The summed E-state index contributed by atoms with van der Waals surface area (Å²) in [6.45, 7) is 0.979. The Kier molecular flexibility index (Phi) is 5.86. The molecule has 0 bridgehead atoms. The number of carbonyl (C=O) groups is 2. The Bertz CT molecular complexity index is 1170. The summed E-state index contributed by atoms with van der Waals surface area (Å²) in [5.74, 6) is -0.827. The average molecular weight is 553 g/mol. The number of amides is 1. The summed E-state index contributed by atoms with van der Waals surface area (Å²) >= 11 is 2.20. The summed E-state index contributed by atoms with van der Waals surface area (Å²) in [5, 5.41) is 10.1. The van der Waals surface area contributed by atoms with Gasteiger partial charge in [0.25, 0.3) is 0 Å². The van der Waals surface area contributed by atoms with E-state index in [9.17, 15) is 14.7 Å². The zero-order valence-electron chi connectivity index (χ0n) is 18.0. The quantitative estimate of drug-likeness (QED) is 0.424. The number of piperidine rings is 1. The third-order valence-corrected chi connectivity index (χ3v) is 7.67. The van der Waals surface area contributed by atoms with Gasteiger partial charge in [0, 0.05) is 22.6 Å². The molecule has 0 atom stereocenters. The lowest BCUT2D eigenvalue weighted by atomic mass is 9.73. The highest BCUT2D eigenvalue weighted by molar-refractivity contribution is 14.1. The van der Waals surface area contributed by atoms with Crippen LogP contribution in [0.5, 0.6) is 0 Å². The molecule has 0 radical (unpaired) electrons. The molecule has 1 saturated heterocycles. The number of benzene rings is 3. The molecule has 1 aliphatic carbocycles. The molecule has 1 aliphatic heterocycles. The fraction of sp³-hybridized carbons (Fsp3) is 0.259. The van der Waals surface area contributed by atoms with Crippen molar-refractivity contribution in [3.63, 3.8) is 0 Å². The van der Waals surface area contributed by atoms with Crippen molar-refractivity contribution in [2.24, 2.45) is 0 Å². The number of hydrogen-bond acceptors (Lipinski definition) is 3. The van der Waals surface area contributed by atoms with Crippen LogP contribution in [0, 0.1) is 3.57 Å². The van der Waals surface area contributed by atoms with E-state index in [0.29, 0.717) is 25.9 Å². The first kappa shape index (κ1) is 21.9. The predicted octanol–water partition coefficient (Wildman–Crippen LogP) is 5.66. The van der Waals surface area contributed by atoms with Crippen LogP contribution in [-0.2, 0) is 14.9 Å². The van der Waals surface area contributed by atoms with Gasteiger partial charge in [0.05, 0.1) is 5.41 Å². The summed E-state index contributed by atoms with van der Waals surface area (Å²) in [5.41, 5.74) is 4.56. The molecule has 3 aromatic carbocycles. The number of carboxylic acid groups (broad SMARTS) is 1. The summed E-state index contributed by atoms with van der Waals surface area (Å²) in [6, 6.07) is 24.1. The minimum absolute atomic E-state index is 0.00986. The topological polar surface area (TPSA) is 66.8 Å². The van der Waals surface area contributed by atoms with E-state index in [1.807, 2.05) is 48.5 Å². The molecule has 1 N–H and O–H groups in total. The van der Waals surface area contributed by atoms with Crippen LogP contribution in [-0.4, -0.2) is 41.8 Å². The second-order valence-corrected chi connectivity index (χ2v) is 9.93. The fourth-order valence-corrected chi connectivity index (χ4v) is 5.71. The van der Waals surface area contributed by atoms with E-state index in [0.717, 1.165) is 9.13 Å². The zero-order chi connectivity index (χ0) is 23.0. The smallest absolute Gasteiger partial charge is 0.409 e. The van der Waals surface area contributed by atoms with Gasteiger partial charge >= 0.3 is 12.1 Å². The molecule has 5 rings (SSSR count). The third kappa shape index (κ3) is 3.90. The lowest BCUT2D eigenvalue weighted by Crippen LogP contribution is -2.49. The van der Waals surface area contributed by atoms with E-state index in [-0.39, 0.29) is 18.6 Å². The molecule has 6 heteroatoms. The van der Waals surface area contributed by atoms with Crippen LogP contribution in [0.4, 0.5) is 4.79 Å². The number of ether oxygens (including phenoxy) is 1. The van der Waals surface area contributed by atoms with Gasteiger partial charge in [0.1, 0.15) is 6.61 Å². The maximum absolute atomic E-state index is 12.9. The SMILES string of the molecule is O=C(OCC1c2ccccc2-c2ccccc21)N1CCC(C(=O)O)(c2cccc(I)c2)CC1. The minimum atomic E-state index is -0.971. The number of rotatable bonds is 4. The number of aliphatic carboxylic acids is 1. The van der Waals surface area contributed by atoms with Crippen LogP contribution >= 0.6 is 22.6 Å². The number of carboxylic acids is 1. The molecule has 1 amide bonds. The van der Waals surface area contributed by atoms with Crippen LogP contribution in [0.2, 0.25) is 0 Å². The van der Waals surface area contributed by atoms with Gasteiger partial charge in [-0.25, -0.2) is 4.79 Å². The van der Waals surface area contributed by atoms with E-state index in [1.54, 1.807) is 4.90 Å². The van der Waals surface area contributed by atoms with Crippen molar-refractivity contribution in [2.75, 3.05) is 19.7 Å². The molecule has 2 aliphatic rings. The molecule has 0 unspecified atom stereocenters. The zero-order valence-corrected chi connectivity index (χ0v) is 20.2. The highest BCUT2D eigenvalue weighted by Crippen LogP contribution is 2.44. The first-order valence-corrected chi connectivity index (χ1v) is 12.2. The van der Waals surface area contributed by atoms with Crippen LogP contribution in [0.1, 0.15) is 35.4 Å². The van der Waals surface area contributed by atoms with Gasteiger partial charge in [0.15, 0.2) is 0 Å². The molecule has 0 spiro atoms. The van der Waals surface area contributed by atoms with E-state index in [2.05, 4.69) is 46.9 Å². The minimum Gasteiger partial charge on any atom is -0.481 e. The van der Waals surface area contributed by atoms with Crippen LogP contribution in [0.3, 0.4) is 0 Å². The standard InChI is InChI=1S/C27H24INO4/c28-19-7-5-6-18(16-19)27(25(30)31)12-14-29(15-13-27)26(32)33-17-24-22-10-3-1-8-20(22)21-9-2-4-11-23(21)24/h1-11,16,24H,12-15,17H2,(H,30,31). The van der Waals surface area contributed by atoms with Crippen molar-refractivity contribution in [3.8, 4) is 11.1 Å². The normalized spacial score (nSPS) is 16.7. The molecular formula is C27H24INO4. The Morgan fingerprint density at radius 3 is 2.12 bits per heavy atom. The molecule has 168 valence electrons. The molecular weight excluding hydrogens is 529 g/mol. The van der Waals surface area contributed by atoms with Crippen molar-refractivity contribution >= 4 is 34.7 Å². The van der Waals surface area contributed by atoms with Crippen LogP contribution in [0.25, 0.3) is 11.1 Å². The fourth-order valence-electron chi connectivity index (χ4n) is 5.17. The first-order chi connectivity index (χ1) is 16.0. The Morgan fingerprint density at radius 1 is 0.939 bits per heavy atom. The molecule has 3 aromatic rings.